The predicted octanol–water partition coefficient (Wildman–Crippen LogP) is 3.23. The molecule has 0 atom stereocenters. The summed E-state index contributed by atoms with van der Waals surface area (Å²) in [6.07, 6.45) is 11.0. The van der Waals surface area contributed by atoms with Crippen LogP contribution in [0.2, 0.25) is 0 Å². The van der Waals surface area contributed by atoms with E-state index in [1.165, 1.54) is 16.7 Å². The van der Waals surface area contributed by atoms with Crippen LogP contribution in [0.15, 0.2) is 73.6 Å². The molecule has 0 aliphatic rings. The Kier molecular flexibility index (Phi) is 3.25. The van der Waals surface area contributed by atoms with Gasteiger partial charge in [0.15, 0.2) is 0 Å². The zero-order chi connectivity index (χ0) is 13.8. The topological polar surface area (TPSA) is 38.7 Å². The third-order valence-corrected chi connectivity index (χ3v) is 3.77. The molecule has 0 saturated heterocycles. The van der Waals surface area contributed by atoms with Gasteiger partial charge in [0, 0.05) is 42.6 Å². The van der Waals surface area contributed by atoms with Crippen molar-refractivity contribution in [2.24, 2.45) is 0 Å². The molecule has 0 bridgehead atoms. The number of hydrogen-bond acceptors (Lipinski definition) is 3. The molecule has 0 unspecified atom stereocenters. The summed E-state index contributed by atoms with van der Waals surface area (Å²) in [5.41, 5.74) is 3.36. The molecule has 3 aromatic heterocycles. The van der Waals surface area contributed by atoms with Crippen LogP contribution in [0.5, 0.6) is 0 Å². The Hall–Kier alpha value is -2.55. The Bertz CT molecular complexity index is 570. The largest absolute Gasteiger partial charge is 0.265 e. The number of nitrogens with zero attached hydrogens (tertiary/aromatic N) is 3. The second-order valence-corrected chi connectivity index (χ2v) is 4.83. The minimum absolute atomic E-state index is 0.241. The molecule has 0 amide bonds. The second-order valence-electron chi connectivity index (χ2n) is 4.83. The molecule has 0 saturated carbocycles. The van der Waals surface area contributed by atoms with Gasteiger partial charge in [0.1, 0.15) is 0 Å². The molecule has 20 heavy (non-hydrogen) atoms. The van der Waals surface area contributed by atoms with E-state index < -0.39 is 0 Å². The molecule has 3 aromatic rings. The molecule has 98 valence electrons. The van der Waals surface area contributed by atoms with Crippen molar-refractivity contribution in [2.75, 3.05) is 0 Å². The Labute approximate surface area is 118 Å². The lowest BCUT2D eigenvalue weighted by Crippen LogP contribution is -2.25. The molecular formula is C17H15N3. The molecule has 3 heterocycles. The van der Waals surface area contributed by atoms with Crippen LogP contribution in [0.1, 0.15) is 23.6 Å². The fourth-order valence-electron chi connectivity index (χ4n) is 2.56. The van der Waals surface area contributed by atoms with E-state index in [2.05, 4.69) is 58.3 Å². The first-order chi connectivity index (χ1) is 9.82. The SMILES string of the molecule is CC(c1ccncc1)(c1ccncc1)c1ccncc1. The summed E-state index contributed by atoms with van der Waals surface area (Å²) in [6, 6.07) is 12.3. The molecule has 0 spiro atoms. The monoisotopic (exact) mass is 261 g/mol. The zero-order valence-electron chi connectivity index (χ0n) is 11.3. The van der Waals surface area contributed by atoms with Crippen LogP contribution in [0.3, 0.4) is 0 Å². The van der Waals surface area contributed by atoms with Crippen LogP contribution in [-0.2, 0) is 5.41 Å². The maximum atomic E-state index is 4.12. The summed E-state index contributed by atoms with van der Waals surface area (Å²) in [5.74, 6) is 0. The van der Waals surface area contributed by atoms with Crippen molar-refractivity contribution in [1.29, 1.82) is 0 Å². The van der Waals surface area contributed by atoms with Crippen molar-refractivity contribution >= 4 is 0 Å². The first kappa shape index (κ1) is 12.5. The second kappa shape index (κ2) is 5.21. The van der Waals surface area contributed by atoms with Gasteiger partial charge in [0.2, 0.25) is 0 Å². The van der Waals surface area contributed by atoms with Crippen LogP contribution in [0, 0.1) is 0 Å². The van der Waals surface area contributed by atoms with Gasteiger partial charge in [-0.15, -0.1) is 0 Å². The van der Waals surface area contributed by atoms with Gasteiger partial charge >= 0.3 is 0 Å². The van der Waals surface area contributed by atoms with E-state index in [1.54, 1.807) is 0 Å². The molecule has 0 aromatic carbocycles. The summed E-state index contributed by atoms with van der Waals surface area (Å²) in [6.45, 7) is 2.22. The molecular weight excluding hydrogens is 246 g/mol. The summed E-state index contributed by atoms with van der Waals surface area (Å²) >= 11 is 0. The van der Waals surface area contributed by atoms with Crippen molar-refractivity contribution in [1.82, 2.24) is 15.0 Å². The molecule has 0 aliphatic carbocycles. The van der Waals surface area contributed by atoms with E-state index in [0.717, 1.165) is 0 Å². The lowest BCUT2D eigenvalue weighted by Gasteiger charge is -2.31. The molecule has 0 fully saturated rings. The number of hydrogen-bond donors (Lipinski definition) is 0. The smallest absolute Gasteiger partial charge is 0.0426 e. The minimum Gasteiger partial charge on any atom is -0.265 e. The minimum atomic E-state index is -0.241. The van der Waals surface area contributed by atoms with Gasteiger partial charge in [-0.2, -0.15) is 0 Å². The van der Waals surface area contributed by atoms with Crippen LogP contribution in [0.25, 0.3) is 0 Å². The van der Waals surface area contributed by atoms with E-state index in [-0.39, 0.29) is 5.41 Å². The van der Waals surface area contributed by atoms with Gasteiger partial charge in [-0.3, -0.25) is 15.0 Å². The van der Waals surface area contributed by atoms with Crippen molar-refractivity contribution in [2.45, 2.75) is 12.3 Å². The molecule has 0 N–H and O–H groups in total. The lowest BCUT2D eigenvalue weighted by atomic mass is 9.72. The molecule has 3 heteroatoms. The first-order valence-corrected chi connectivity index (χ1v) is 6.53. The first-order valence-electron chi connectivity index (χ1n) is 6.53. The van der Waals surface area contributed by atoms with Crippen molar-refractivity contribution in [3.8, 4) is 0 Å². The van der Waals surface area contributed by atoms with Gasteiger partial charge in [-0.05, 0) is 60.0 Å². The highest BCUT2D eigenvalue weighted by Gasteiger charge is 2.30. The van der Waals surface area contributed by atoms with Gasteiger partial charge in [-0.25, -0.2) is 0 Å². The lowest BCUT2D eigenvalue weighted by molar-refractivity contribution is 0.688. The highest BCUT2D eigenvalue weighted by Crippen LogP contribution is 2.37. The van der Waals surface area contributed by atoms with E-state index in [1.807, 2.05) is 37.2 Å². The summed E-state index contributed by atoms with van der Waals surface area (Å²) < 4.78 is 0. The predicted molar refractivity (Wildman–Crippen MR) is 78.3 cm³/mol. The van der Waals surface area contributed by atoms with Gasteiger partial charge in [-0.1, -0.05) is 0 Å². The number of rotatable bonds is 3. The average Bonchev–Trinajstić information content (AvgIpc) is 2.56. The van der Waals surface area contributed by atoms with Gasteiger partial charge < -0.3 is 0 Å². The fourth-order valence-corrected chi connectivity index (χ4v) is 2.56. The molecule has 3 rings (SSSR count). The average molecular weight is 261 g/mol. The van der Waals surface area contributed by atoms with Crippen LogP contribution < -0.4 is 0 Å². The van der Waals surface area contributed by atoms with Crippen molar-refractivity contribution in [3.05, 3.63) is 90.3 Å². The Morgan fingerprint density at radius 1 is 0.550 bits per heavy atom. The summed E-state index contributed by atoms with van der Waals surface area (Å²) in [4.78, 5) is 12.4. The van der Waals surface area contributed by atoms with E-state index >= 15 is 0 Å². The highest BCUT2D eigenvalue weighted by atomic mass is 14.6. The third-order valence-electron chi connectivity index (χ3n) is 3.77. The van der Waals surface area contributed by atoms with Crippen molar-refractivity contribution in [3.63, 3.8) is 0 Å². The van der Waals surface area contributed by atoms with E-state index in [4.69, 9.17) is 0 Å². The Morgan fingerprint density at radius 3 is 1.05 bits per heavy atom. The maximum absolute atomic E-state index is 4.12. The highest BCUT2D eigenvalue weighted by molar-refractivity contribution is 5.47. The Balaban J connectivity index is 2.24. The van der Waals surface area contributed by atoms with Crippen LogP contribution >= 0.6 is 0 Å². The standard InChI is InChI=1S/C17H15N3/c1-17(14-2-8-18-9-3-14,15-4-10-19-11-5-15)16-6-12-20-13-7-16/h2-13H,1H3. The Morgan fingerprint density at radius 2 is 0.800 bits per heavy atom. The molecule has 0 radical (unpaired) electrons. The zero-order valence-corrected chi connectivity index (χ0v) is 11.3. The molecule has 3 nitrogen and oxygen atoms in total. The normalized spacial score (nSPS) is 11.2. The van der Waals surface area contributed by atoms with Crippen molar-refractivity contribution < 1.29 is 0 Å². The maximum Gasteiger partial charge on any atom is 0.0426 e. The third kappa shape index (κ3) is 2.07. The number of pyridine rings is 3. The van der Waals surface area contributed by atoms with E-state index in [9.17, 15) is 0 Å². The quantitative estimate of drug-likeness (QED) is 0.726. The van der Waals surface area contributed by atoms with Gasteiger partial charge in [0.25, 0.3) is 0 Å². The number of aromatic nitrogens is 3. The summed E-state index contributed by atoms with van der Waals surface area (Å²) in [5, 5.41) is 0. The molecule has 0 aliphatic heterocycles. The van der Waals surface area contributed by atoms with E-state index in [0.29, 0.717) is 0 Å². The fraction of sp³-hybridized carbons (Fsp3) is 0.118. The van der Waals surface area contributed by atoms with Crippen LogP contribution in [-0.4, -0.2) is 15.0 Å². The van der Waals surface area contributed by atoms with Gasteiger partial charge in [0.05, 0.1) is 0 Å². The summed E-state index contributed by atoms with van der Waals surface area (Å²) in [7, 11) is 0. The van der Waals surface area contributed by atoms with Crippen LogP contribution in [0.4, 0.5) is 0 Å².